The Morgan fingerprint density at radius 1 is 1.15 bits per heavy atom. The minimum atomic E-state index is -3.68. The number of hydrogen-bond donors (Lipinski definition) is 0. The fourth-order valence-electron chi connectivity index (χ4n) is 2.52. The van der Waals surface area contributed by atoms with Gasteiger partial charge in [-0.15, -0.1) is 0 Å². The molecule has 0 spiro atoms. The zero-order chi connectivity index (χ0) is 19.3. The first kappa shape index (κ1) is 19.6. The number of nitro benzene ring substituents is 1. The molecule has 0 aliphatic heterocycles. The summed E-state index contributed by atoms with van der Waals surface area (Å²) in [7, 11) is -3.68. The van der Waals surface area contributed by atoms with Gasteiger partial charge in [-0.1, -0.05) is 30.3 Å². The second-order valence-electron chi connectivity index (χ2n) is 5.87. The Hall–Kier alpha value is -2.74. The lowest BCUT2D eigenvalue weighted by Gasteiger charge is -2.21. The fraction of sp³-hybridized carbons (Fsp3) is 0.278. The van der Waals surface area contributed by atoms with E-state index in [-0.39, 0.29) is 10.5 Å². The molecule has 0 unspecified atom stereocenters. The standard InChI is InChI=1S/C18H20N2O5S/c1-3-19(10-9-14-7-5-4-6-8-14)18(21)15-11-16(20(22)23)13-17(12-15)26(2,24)25/h4-8,11-13H,3,9-10H2,1-2H3. The van der Waals surface area contributed by atoms with Crippen molar-refractivity contribution in [2.45, 2.75) is 18.2 Å². The van der Waals surface area contributed by atoms with E-state index in [1.165, 1.54) is 11.0 Å². The maximum absolute atomic E-state index is 12.8. The zero-order valence-corrected chi connectivity index (χ0v) is 15.4. The summed E-state index contributed by atoms with van der Waals surface area (Å²) in [5.74, 6) is -0.433. The van der Waals surface area contributed by atoms with Crippen molar-refractivity contribution < 1.29 is 18.1 Å². The Bertz CT molecular complexity index is 910. The van der Waals surface area contributed by atoms with Gasteiger partial charge < -0.3 is 4.90 Å². The van der Waals surface area contributed by atoms with Crippen LogP contribution in [0.5, 0.6) is 0 Å². The second kappa shape index (κ2) is 8.09. The van der Waals surface area contributed by atoms with Crippen molar-refractivity contribution in [2.75, 3.05) is 19.3 Å². The van der Waals surface area contributed by atoms with Crippen LogP contribution in [0.25, 0.3) is 0 Å². The van der Waals surface area contributed by atoms with E-state index in [4.69, 9.17) is 0 Å². The van der Waals surface area contributed by atoms with Gasteiger partial charge in [0.25, 0.3) is 11.6 Å². The van der Waals surface area contributed by atoms with Gasteiger partial charge in [0, 0.05) is 37.0 Å². The maximum Gasteiger partial charge on any atom is 0.271 e. The van der Waals surface area contributed by atoms with Crippen molar-refractivity contribution in [3.63, 3.8) is 0 Å². The van der Waals surface area contributed by atoms with Crippen molar-refractivity contribution in [1.82, 2.24) is 4.90 Å². The third-order valence-corrected chi connectivity index (χ3v) is 5.05. The minimum absolute atomic E-state index is 0.00506. The molecule has 26 heavy (non-hydrogen) atoms. The molecule has 0 aliphatic rings. The SMILES string of the molecule is CCN(CCc1ccccc1)C(=O)c1cc([N+](=O)[O-])cc(S(C)(=O)=O)c1. The number of amides is 1. The van der Waals surface area contributed by atoms with E-state index in [0.717, 1.165) is 24.0 Å². The number of nitrogens with zero attached hydrogens (tertiary/aromatic N) is 2. The van der Waals surface area contributed by atoms with Crippen molar-refractivity contribution in [3.05, 3.63) is 69.8 Å². The third kappa shape index (κ3) is 4.89. The summed E-state index contributed by atoms with van der Waals surface area (Å²) in [5.41, 5.74) is 0.638. The van der Waals surface area contributed by atoms with Crippen LogP contribution in [0.2, 0.25) is 0 Å². The summed E-state index contributed by atoms with van der Waals surface area (Å²) in [5, 5.41) is 11.1. The van der Waals surface area contributed by atoms with Crippen LogP contribution >= 0.6 is 0 Å². The highest BCUT2D eigenvalue weighted by Gasteiger charge is 2.21. The zero-order valence-electron chi connectivity index (χ0n) is 14.6. The van der Waals surface area contributed by atoms with Crippen molar-refractivity contribution in [3.8, 4) is 0 Å². The second-order valence-corrected chi connectivity index (χ2v) is 7.88. The van der Waals surface area contributed by atoms with E-state index in [1.807, 2.05) is 30.3 Å². The van der Waals surface area contributed by atoms with Gasteiger partial charge in [0.15, 0.2) is 9.84 Å². The van der Waals surface area contributed by atoms with E-state index >= 15 is 0 Å². The molecular formula is C18H20N2O5S. The summed E-state index contributed by atoms with van der Waals surface area (Å²) in [4.78, 5) is 24.4. The van der Waals surface area contributed by atoms with Crippen molar-refractivity contribution in [2.24, 2.45) is 0 Å². The average molecular weight is 376 g/mol. The van der Waals surface area contributed by atoms with Crippen LogP contribution in [-0.2, 0) is 16.3 Å². The van der Waals surface area contributed by atoms with Crippen molar-refractivity contribution in [1.29, 1.82) is 0 Å². The highest BCUT2D eigenvalue weighted by molar-refractivity contribution is 7.90. The number of sulfone groups is 1. The van der Waals surface area contributed by atoms with E-state index < -0.39 is 26.4 Å². The third-order valence-electron chi connectivity index (χ3n) is 3.96. The molecule has 1 amide bonds. The lowest BCUT2D eigenvalue weighted by Crippen LogP contribution is -2.32. The Labute approximate surface area is 152 Å². The minimum Gasteiger partial charge on any atom is -0.339 e. The van der Waals surface area contributed by atoms with Crippen LogP contribution in [0.15, 0.2) is 53.4 Å². The molecule has 7 nitrogen and oxygen atoms in total. The van der Waals surface area contributed by atoms with Crippen LogP contribution in [-0.4, -0.2) is 43.5 Å². The first-order valence-corrected chi connectivity index (χ1v) is 9.94. The highest BCUT2D eigenvalue weighted by Crippen LogP contribution is 2.22. The molecule has 0 atom stereocenters. The molecule has 0 aromatic heterocycles. The lowest BCUT2D eigenvalue weighted by molar-refractivity contribution is -0.385. The van der Waals surface area contributed by atoms with E-state index in [1.54, 1.807) is 6.92 Å². The maximum atomic E-state index is 12.8. The van der Waals surface area contributed by atoms with Gasteiger partial charge in [-0.3, -0.25) is 14.9 Å². The smallest absolute Gasteiger partial charge is 0.271 e. The highest BCUT2D eigenvalue weighted by atomic mass is 32.2. The number of rotatable bonds is 7. The molecular weight excluding hydrogens is 356 g/mol. The molecule has 0 aliphatic carbocycles. The van der Waals surface area contributed by atoms with Gasteiger partial charge in [-0.05, 0) is 25.0 Å². The molecule has 0 saturated carbocycles. The number of benzene rings is 2. The summed E-state index contributed by atoms with van der Waals surface area (Å²) in [6.07, 6.45) is 1.58. The van der Waals surface area contributed by atoms with Crippen LogP contribution in [0.1, 0.15) is 22.8 Å². The summed E-state index contributed by atoms with van der Waals surface area (Å²) in [6.45, 7) is 2.64. The first-order valence-electron chi connectivity index (χ1n) is 8.05. The van der Waals surface area contributed by atoms with Gasteiger partial charge in [0.05, 0.1) is 9.82 Å². The van der Waals surface area contributed by atoms with Crippen molar-refractivity contribution >= 4 is 21.4 Å². The van der Waals surface area contributed by atoms with Gasteiger partial charge in [0.2, 0.25) is 0 Å². The molecule has 0 radical (unpaired) electrons. The number of hydrogen-bond acceptors (Lipinski definition) is 5. The molecule has 2 rings (SSSR count). The number of carbonyl (C=O) groups excluding carboxylic acids is 1. The Morgan fingerprint density at radius 2 is 1.81 bits per heavy atom. The molecule has 138 valence electrons. The van der Waals surface area contributed by atoms with E-state index in [0.29, 0.717) is 19.5 Å². The molecule has 2 aromatic rings. The van der Waals surface area contributed by atoms with Crippen LogP contribution < -0.4 is 0 Å². The van der Waals surface area contributed by atoms with Crippen LogP contribution in [0.4, 0.5) is 5.69 Å². The molecule has 0 fully saturated rings. The summed E-state index contributed by atoms with van der Waals surface area (Å²) < 4.78 is 23.6. The number of likely N-dealkylation sites (N-methyl/N-ethyl adjacent to an activating group) is 1. The lowest BCUT2D eigenvalue weighted by atomic mass is 10.1. The first-order chi connectivity index (χ1) is 12.2. The number of non-ortho nitro benzene ring substituents is 1. The number of nitro groups is 1. The van der Waals surface area contributed by atoms with Gasteiger partial charge in [0.1, 0.15) is 0 Å². The normalized spacial score (nSPS) is 11.2. The quantitative estimate of drug-likeness (QED) is 0.547. The molecule has 8 heteroatoms. The number of carbonyl (C=O) groups is 1. The molecule has 0 heterocycles. The Balaban J connectivity index is 2.30. The average Bonchev–Trinajstić information content (AvgIpc) is 2.61. The molecule has 0 saturated heterocycles. The van der Waals surface area contributed by atoms with Crippen LogP contribution in [0, 0.1) is 10.1 Å². The van der Waals surface area contributed by atoms with E-state index in [2.05, 4.69) is 0 Å². The van der Waals surface area contributed by atoms with E-state index in [9.17, 15) is 23.3 Å². The Morgan fingerprint density at radius 3 is 2.35 bits per heavy atom. The topological polar surface area (TPSA) is 97.6 Å². The molecule has 2 aromatic carbocycles. The van der Waals surface area contributed by atoms with Gasteiger partial charge >= 0.3 is 0 Å². The summed E-state index contributed by atoms with van der Waals surface area (Å²) in [6, 6.07) is 12.9. The summed E-state index contributed by atoms with van der Waals surface area (Å²) >= 11 is 0. The molecule has 0 N–H and O–H groups in total. The van der Waals surface area contributed by atoms with Gasteiger partial charge in [-0.25, -0.2) is 8.42 Å². The van der Waals surface area contributed by atoms with Gasteiger partial charge in [-0.2, -0.15) is 0 Å². The largest absolute Gasteiger partial charge is 0.339 e. The monoisotopic (exact) mass is 376 g/mol. The predicted molar refractivity (Wildman–Crippen MR) is 97.9 cm³/mol. The fourth-order valence-corrected chi connectivity index (χ4v) is 3.20. The predicted octanol–water partition coefficient (Wildman–Crippen LogP) is 2.70. The molecule has 0 bridgehead atoms. The Kier molecular flexibility index (Phi) is 6.10. The van der Waals surface area contributed by atoms with Crippen LogP contribution in [0.3, 0.4) is 0 Å².